The van der Waals surface area contributed by atoms with Crippen LogP contribution in [0.1, 0.15) is 20.3 Å². The van der Waals surface area contributed by atoms with Crippen molar-refractivity contribution in [2.24, 2.45) is 16.3 Å². The molecule has 1 amide bonds. The van der Waals surface area contributed by atoms with Gasteiger partial charge in [0.05, 0.1) is 5.69 Å². The quantitative estimate of drug-likeness (QED) is 0.347. The largest absolute Gasteiger partial charge is 0.409 e. The van der Waals surface area contributed by atoms with Gasteiger partial charge in [0.1, 0.15) is 5.41 Å². The molecule has 21 heavy (non-hydrogen) atoms. The van der Waals surface area contributed by atoms with Gasteiger partial charge >= 0.3 is 0 Å². The molecule has 0 radical (unpaired) electrons. The zero-order chi connectivity index (χ0) is 15.5. The highest BCUT2D eigenvalue weighted by Gasteiger charge is 2.36. The lowest BCUT2D eigenvalue weighted by atomic mass is 9.85. The van der Waals surface area contributed by atoms with E-state index in [2.05, 4.69) is 15.5 Å². The van der Waals surface area contributed by atoms with Crippen LogP contribution in [0.4, 0.5) is 5.69 Å². The van der Waals surface area contributed by atoms with Gasteiger partial charge in [-0.1, -0.05) is 24.2 Å². The molecule has 0 aliphatic rings. The van der Waals surface area contributed by atoms with Crippen LogP contribution in [0.2, 0.25) is 0 Å². The van der Waals surface area contributed by atoms with Crippen LogP contribution in [0.25, 0.3) is 10.8 Å². The van der Waals surface area contributed by atoms with Crippen molar-refractivity contribution in [2.45, 2.75) is 20.3 Å². The summed E-state index contributed by atoms with van der Waals surface area (Å²) in [6.07, 6.45) is 3.80. The van der Waals surface area contributed by atoms with Crippen molar-refractivity contribution in [1.29, 1.82) is 0 Å². The van der Waals surface area contributed by atoms with Gasteiger partial charge in [-0.15, -0.1) is 0 Å². The fraction of sp³-hybridized carbons (Fsp3) is 0.267. The summed E-state index contributed by atoms with van der Waals surface area (Å²) in [5.74, 6) is -0.433. The second kappa shape index (κ2) is 5.78. The zero-order valence-electron chi connectivity index (χ0n) is 12.0. The molecule has 4 N–H and O–H groups in total. The number of oxime groups is 1. The van der Waals surface area contributed by atoms with Crippen LogP contribution in [0.3, 0.4) is 0 Å². The molecule has 1 aromatic carbocycles. The number of hydrogen-bond acceptors (Lipinski definition) is 4. The van der Waals surface area contributed by atoms with Gasteiger partial charge < -0.3 is 16.3 Å². The first-order chi connectivity index (χ1) is 10.0. The van der Waals surface area contributed by atoms with Crippen LogP contribution >= 0.6 is 0 Å². The first kappa shape index (κ1) is 14.8. The molecule has 2 rings (SSSR count). The van der Waals surface area contributed by atoms with Crippen LogP contribution < -0.4 is 11.1 Å². The molecule has 0 bridgehead atoms. The summed E-state index contributed by atoms with van der Waals surface area (Å²) in [6, 6.07) is 7.46. The molecule has 0 aliphatic heterocycles. The number of fused-ring (bicyclic) bond motifs is 1. The SMILES string of the molecule is CCC(C)(C(=O)Nc1cccc2ccncc12)/C(N)=N/O. The van der Waals surface area contributed by atoms with Gasteiger partial charge in [0.15, 0.2) is 5.84 Å². The predicted molar refractivity (Wildman–Crippen MR) is 82.2 cm³/mol. The third-order valence-corrected chi connectivity index (χ3v) is 3.81. The van der Waals surface area contributed by atoms with Gasteiger partial charge in [0, 0.05) is 17.8 Å². The summed E-state index contributed by atoms with van der Waals surface area (Å²) >= 11 is 0. The van der Waals surface area contributed by atoms with Crippen molar-refractivity contribution in [2.75, 3.05) is 5.32 Å². The Labute approximate surface area is 122 Å². The van der Waals surface area contributed by atoms with Gasteiger partial charge in [-0.3, -0.25) is 9.78 Å². The minimum absolute atomic E-state index is 0.110. The maximum absolute atomic E-state index is 12.5. The molecular formula is C15H18N4O2. The maximum Gasteiger partial charge on any atom is 0.238 e. The smallest absolute Gasteiger partial charge is 0.238 e. The van der Waals surface area contributed by atoms with Crippen molar-refractivity contribution in [3.05, 3.63) is 36.7 Å². The van der Waals surface area contributed by atoms with Crippen molar-refractivity contribution in [3.63, 3.8) is 0 Å². The Balaban J connectivity index is 2.38. The lowest BCUT2D eigenvalue weighted by molar-refractivity contribution is -0.121. The Morgan fingerprint density at radius 3 is 2.90 bits per heavy atom. The lowest BCUT2D eigenvalue weighted by Gasteiger charge is -2.25. The number of pyridine rings is 1. The molecule has 1 atom stereocenters. The Morgan fingerprint density at radius 2 is 2.24 bits per heavy atom. The summed E-state index contributed by atoms with van der Waals surface area (Å²) in [7, 11) is 0. The summed E-state index contributed by atoms with van der Waals surface area (Å²) in [4.78, 5) is 16.6. The van der Waals surface area contributed by atoms with Gasteiger partial charge in [0.25, 0.3) is 0 Å². The number of nitrogens with one attached hydrogen (secondary N) is 1. The number of nitrogens with two attached hydrogens (primary N) is 1. The predicted octanol–water partition coefficient (Wildman–Crippen LogP) is 2.34. The second-order valence-electron chi connectivity index (χ2n) is 5.03. The van der Waals surface area contributed by atoms with Crippen LogP contribution in [-0.2, 0) is 4.79 Å². The molecule has 0 saturated carbocycles. The Morgan fingerprint density at radius 1 is 1.48 bits per heavy atom. The highest BCUT2D eigenvalue weighted by molar-refractivity contribution is 6.13. The molecule has 2 aromatic rings. The minimum Gasteiger partial charge on any atom is -0.409 e. The fourth-order valence-corrected chi connectivity index (χ4v) is 2.05. The van der Waals surface area contributed by atoms with Crippen molar-refractivity contribution in [1.82, 2.24) is 4.98 Å². The van der Waals surface area contributed by atoms with E-state index in [1.54, 1.807) is 25.4 Å². The molecule has 1 aromatic heterocycles. The standard InChI is InChI=1S/C15H18N4O2/c1-3-15(2,13(16)19-21)14(20)18-12-6-4-5-10-7-8-17-9-11(10)12/h4-9,21H,3H2,1-2H3,(H2,16,19)(H,18,20). The van der Waals surface area contributed by atoms with E-state index in [0.29, 0.717) is 12.1 Å². The zero-order valence-corrected chi connectivity index (χ0v) is 12.0. The molecule has 110 valence electrons. The summed E-state index contributed by atoms with van der Waals surface area (Å²) in [6.45, 7) is 3.45. The number of carbonyl (C=O) groups is 1. The van der Waals surface area contributed by atoms with E-state index in [4.69, 9.17) is 10.9 Å². The van der Waals surface area contributed by atoms with Gasteiger partial charge in [0.2, 0.25) is 5.91 Å². The molecule has 1 unspecified atom stereocenters. The average molecular weight is 286 g/mol. The number of hydrogen-bond donors (Lipinski definition) is 3. The van der Waals surface area contributed by atoms with E-state index in [-0.39, 0.29) is 11.7 Å². The fourth-order valence-electron chi connectivity index (χ4n) is 2.05. The summed E-state index contributed by atoms with van der Waals surface area (Å²) in [5.41, 5.74) is 5.23. The average Bonchev–Trinajstić information content (AvgIpc) is 2.53. The van der Waals surface area contributed by atoms with Crippen LogP contribution in [0.5, 0.6) is 0 Å². The Bertz CT molecular complexity index is 694. The van der Waals surface area contributed by atoms with Crippen molar-refractivity contribution < 1.29 is 10.0 Å². The normalized spacial score (nSPS) is 14.7. The van der Waals surface area contributed by atoms with E-state index in [0.717, 1.165) is 10.8 Å². The number of rotatable bonds is 4. The lowest BCUT2D eigenvalue weighted by Crippen LogP contribution is -2.44. The third kappa shape index (κ3) is 2.65. The van der Waals surface area contributed by atoms with E-state index in [1.165, 1.54) is 0 Å². The molecule has 1 heterocycles. The molecule has 6 nitrogen and oxygen atoms in total. The highest BCUT2D eigenvalue weighted by Crippen LogP contribution is 2.27. The summed E-state index contributed by atoms with van der Waals surface area (Å²) in [5, 5.41) is 16.5. The maximum atomic E-state index is 12.5. The molecule has 6 heteroatoms. The van der Waals surface area contributed by atoms with Crippen molar-refractivity contribution >= 4 is 28.2 Å². The molecule has 0 fully saturated rings. The van der Waals surface area contributed by atoms with E-state index in [9.17, 15) is 4.79 Å². The number of anilines is 1. The number of amides is 1. The Hall–Kier alpha value is -2.63. The number of aromatic nitrogens is 1. The molecule has 0 aliphatic carbocycles. The third-order valence-electron chi connectivity index (χ3n) is 3.81. The van der Waals surface area contributed by atoms with Crippen molar-refractivity contribution in [3.8, 4) is 0 Å². The topological polar surface area (TPSA) is 101 Å². The molecular weight excluding hydrogens is 268 g/mol. The minimum atomic E-state index is -1.07. The number of amidine groups is 1. The summed E-state index contributed by atoms with van der Waals surface area (Å²) < 4.78 is 0. The van der Waals surface area contributed by atoms with Gasteiger partial charge in [-0.25, -0.2) is 0 Å². The highest BCUT2D eigenvalue weighted by atomic mass is 16.4. The van der Waals surface area contributed by atoms with Gasteiger partial charge in [-0.05, 0) is 30.9 Å². The number of nitrogens with zero attached hydrogens (tertiary/aromatic N) is 2. The van der Waals surface area contributed by atoms with E-state index >= 15 is 0 Å². The van der Waals surface area contributed by atoms with Crippen LogP contribution in [-0.4, -0.2) is 21.9 Å². The molecule has 0 saturated heterocycles. The Kier molecular flexibility index (Phi) is 4.07. The monoisotopic (exact) mass is 286 g/mol. The van der Waals surface area contributed by atoms with E-state index < -0.39 is 5.41 Å². The van der Waals surface area contributed by atoms with Crippen LogP contribution in [0.15, 0.2) is 41.8 Å². The first-order valence-electron chi connectivity index (χ1n) is 6.65. The van der Waals surface area contributed by atoms with Crippen LogP contribution in [0, 0.1) is 5.41 Å². The number of benzene rings is 1. The van der Waals surface area contributed by atoms with Gasteiger partial charge in [-0.2, -0.15) is 0 Å². The first-order valence-corrected chi connectivity index (χ1v) is 6.65. The number of carbonyl (C=O) groups excluding carboxylic acids is 1. The molecule has 0 spiro atoms. The van der Waals surface area contributed by atoms with E-state index in [1.807, 2.05) is 25.1 Å². The second-order valence-corrected chi connectivity index (χ2v) is 5.03.